The topological polar surface area (TPSA) is 90.0 Å². The van der Waals surface area contributed by atoms with Crippen LogP contribution in [0.3, 0.4) is 0 Å². The molecule has 0 amide bonds. The van der Waals surface area contributed by atoms with E-state index in [4.69, 9.17) is 9.47 Å². The number of carbonyl (C=O) groups is 1. The Bertz CT molecular complexity index is 884. The molecule has 1 aromatic carbocycles. The van der Waals surface area contributed by atoms with Crippen LogP contribution in [0.2, 0.25) is 0 Å². The van der Waals surface area contributed by atoms with E-state index in [1.807, 2.05) is 0 Å². The average molecular weight is 381 g/mol. The number of nitrogens with one attached hydrogen (secondary N) is 1. The number of aromatic amines is 1. The Morgan fingerprint density at radius 3 is 3.00 bits per heavy atom. The molecular formula is C14H10BrFN4O3. The maximum absolute atomic E-state index is 14.1. The lowest BCUT2D eigenvalue weighted by atomic mass is 10.3. The average Bonchev–Trinajstić information content (AvgIpc) is 2.94. The van der Waals surface area contributed by atoms with Crippen LogP contribution in [0.5, 0.6) is 11.5 Å². The van der Waals surface area contributed by atoms with Gasteiger partial charge in [-0.2, -0.15) is 10.2 Å². The van der Waals surface area contributed by atoms with Gasteiger partial charge < -0.3 is 9.47 Å². The van der Waals surface area contributed by atoms with Gasteiger partial charge in [-0.05, 0) is 34.1 Å². The lowest BCUT2D eigenvalue weighted by Gasteiger charge is -2.11. The minimum absolute atomic E-state index is 0.0427. The standard InChI is InChI=1S/C14H10BrFN4O3/c1-7(21)23-13-11(3-2-9(15)12(13)16)22-6-10-8-4-5-17-19-14(8)20-18-10/h2-5H,6H2,1H3,(H,18,19,20). The third-order valence-corrected chi connectivity index (χ3v) is 3.56. The van der Waals surface area contributed by atoms with Gasteiger partial charge in [0, 0.05) is 12.3 Å². The smallest absolute Gasteiger partial charge is 0.308 e. The lowest BCUT2D eigenvalue weighted by molar-refractivity contribution is -0.132. The molecule has 0 aliphatic rings. The van der Waals surface area contributed by atoms with Gasteiger partial charge in [-0.15, -0.1) is 5.10 Å². The lowest BCUT2D eigenvalue weighted by Crippen LogP contribution is -2.06. The van der Waals surface area contributed by atoms with Crippen LogP contribution in [-0.4, -0.2) is 26.4 Å². The number of H-pyrrole nitrogens is 1. The summed E-state index contributed by atoms with van der Waals surface area (Å²) in [4.78, 5) is 11.1. The maximum Gasteiger partial charge on any atom is 0.308 e. The zero-order valence-corrected chi connectivity index (χ0v) is 13.4. The number of fused-ring (bicyclic) bond motifs is 1. The summed E-state index contributed by atoms with van der Waals surface area (Å²) in [6.45, 7) is 1.23. The van der Waals surface area contributed by atoms with Crippen molar-refractivity contribution in [3.63, 3.8) is 0 Å². The first kappa shape index (κ1) is 15.3. The summed E-state index contributed by atoms with van der Waals surface area (Å²) in [7, 11) is 0. The summed E-state index contributed by atoms with van der Waals surface area (Å²) in [6.07, 6.45) is 1.53. The van der Waals surface area contributed by atoms with Crippen molar-refractivity contribution in [1.82, 2.24) is 20.4 Å². The van der Waals surface area contributed by atoms with E-state index in [-0.39, 0.29) is 22.6 Å². The minimum Gasteiger partial charge on any atom is -0.483 e. The first-order chi connectivity index (χ1) is 11.1. The first-order valence-corrected chi connectivity index (χ1v) is 7.29. The molecule has 0 fully saturated rings. The Labute approximate surface area is 137 Å². The molecule has 0 bridgehead atoms. The van der Waals surface area contributed by atoms with Crippen molar-refractivity contribution in [3.05, 3.63) is 40.4 Å². The molecule has 0 aliphatic heterocycles. The molecule has 9 heteroatoms. The SMILES string of the molecule is CC(=O)Oc1c(OCc2n[nH]c3nnccc23)ccc(Br)c1F. The van der Waals surface area contributed by atoms with Crippen LogP contribution in [0.15, 0.2) is 28.9 Å². The van der Waals surface area contributed by atoms with Gasteiger partial charge in [-0.1, -0.05) is 0 Å². The Balaban J connectivity index is 1.88. The predicted octanol–water partition coefficient (Wildman–Crippen LogP) is 2.76. The zero-order chi connectivity index (χ0) is 16.4. The largest absolute Gasteiger partial charge is 0.483 e. The maximum atomic E-state index is 14.1. The highest BCUT2D eigenvalue weighted by atomic mass is 79.9. The van der Waals surface area contributed by atoms with E-state index in [1.54, 1.807) is 6.07 Å². The molecule has 7 nitrogen and oxygen atoms in total. The molecule has 2 aromatic heterocycles. The normalized spacial score (nSPS) is 10.7. The molecule has 3 aromatic rings. The van der Waals surface area contributed by atoms with Gasteiger partial charge in [0.25, 0.3) is 0 Å². The predicted molar refractivity (Wildman–Crippen MR) is 81.4 cm³/mol. The van der Waals surface area contributed by atoms with Gasteiger partial charge in [0.2, 0.25) is 5.75 Å². The van der Waals surface area contributed by atoms with Crippen molar-refractivity contribution in [1.29, 1.82) is 0 Å². The van der Waals surface area contributed by atoms with E-state index in [2.05, 4.69) is 36.3 Å². The number of ether oxygens (including phenoxy) is 2. The summed E-state index contributed by atoms with van der Waals surface area (Å²) in [5.41, 5.74) is 1.10. The Kier molecular flexibility index (Phi) is 4.20. The van der Waals surface area contributed by atoms with E-state index in [1.165, 1.54) is 25.3 Å². The summed E-state index contributed by atoms with van der Waals surface area (Å²) in [5, 5.41) is 15.2. The fourth-order valence-corrected chi connectivity index (χ4v) is 2.26. The molecule has 0 spiro atoms. The van der Waals surface area contributed by atoms with Crippen LogP contribution < -0.4 is 9.47 Å². The van der Waals surface area contributed by atoms with E-state index < -0.39 is 11.8 Å². The molecule has 0 saturated heterocycles. The van der Waals surface area contributed by atoms with Crippen molar-refractivity contribution in [3.8, 4) is 11.5 Å². The highest BCUT2D eigenvalue weighted by Crippen LogP contribution is 2.35. The van der Waals surface area contributed by atoms with Gasteiger partial charge in [0.15, 0.2) is 17.2 Å². The third kappa shape index (κ3) is 3.14. The number of hydrogen-bond donors (Lipinski definition) is 1. The van der Waals surface area contributed by atoms with Crippen LogP contribution >= 0.6 is 15.9 Å². The van der Waals surface area contributed by atoms with Crippen molar-refractivity contribution >= 4 is 32.9 Å². The Morgan fingerprint density at radius 2 is 2.22 bits per heavy atom. The number of rotatable bonds is 4. The molecule has 0 aliphatic carbocycles. The first-order valence-electron chi connectivity index (χ1n) is 6.50. The van der Waals surface area contributed by atoms with Crippen molar-refractivity contribution in [2.45, 2.75) is 13.5 Å². The van der Waals surface area contributed by atoms with Crippen molar-refractivity contribution < 1.29 is 18.7 Å². The fourth-order valence-electron chi connectivity index (χ4n) is 1.95. The number of benzene rings is 1. The van der Waals surface area contributed by atoms with E-state index in [0.717, 1.165) is 5.39 Å². The van der Waals surface area contributed by atoms with Gasteiger partial charge in [-0.3, -0.25) is 9.89 Å². The molecule has 1 N–H and O–H groups in total. The third-order valence-electron chi connectivity index (χ3n) is 2.95. The van der Waals surface area contributed by atoms with Gasteiger partial charge >= 0.3 is 5.97 Å². The second kappa shape index (κ2) is 6.29. The van der Waals surface area contributed by atoms with E-state index >= 15 is 0 Å². The molecule has 0 saturated carbocycles. The van der Waals surface area contributed by atoms with Crippen LogP contribution in [0.1, 0.15) is 12.6 Å². The van der Waals surface area contributed by atoms with E-state index in [0.29, 0.717) is 11.3 Å². The molecule has 118 valence electrons. The van der Waals surface area contributed by atoms with E-state index in [9.17, 15) is 9.18 Å². The summed E-state index contributed by atoms with van der Waals surface area (Å²) >= 11 is 3.04. The van der Waals surface area contributed by atoms with Crippen LogP contribution in [0.25, 0.3) is 11.0 Å². The second-order valence-corrected chi connectivity index (χ2v) is 5.39. The number of nitrogens with zero attached hydrogens (tertiary/aromatic N) is 3. The van der Waals surface area contributed by atoms with Gasteiger partial charge in [0.05, 0.1) is 10.7 Å². The van der Waals surface area contributed by atoms with Crippen molar-refractivity contribution in [2.75, 3.05) is 0 Å². The quantitative estimate of drug-likeness (QED) is 0.552. The molecule has 0 atom stereocenters. The summed E-state index contributed by atoms with van der Waals surface area (Å²) in [5.74, 6) is -1.53. The molecule has 23 heavy (non-hydrogen) atoms. The number of carbonyl (C=O) groups excluding carboxylic acids is 1. The molecular weight excluding hydrogens is 371 g/mol. The Morgan fingerprint density at radius 1 is 1.39 bits per heavy atom. The monoisotopic (exact) mass is 380 g/mol. The van der Waals surface area contributed by atoms with Crippen LogP contribution in [0.4, 0.5) is 4.39 Å². The van der Waals surface area contributed by atoms with Crippen LogP contribution in [-0.2, 0) is 11.4 Å². The molecule has 3 rings (SSSR count). The fraction of sp³-hybridized carbons (Fsp3) is 0.143. The number of halogens is 2. The van der Waals surface area contributed by atoms with Crippen LogP contribution in [0, 0.1) is 5.82 Å². The summed E-state index contributed by atoms with van der Waals surface area (Å²) < 4.78 is 24.7. The minimum atomic E-state index is -0.713. The van der Waals surface area contributed by atoms with Crippen molar-refractivity contribution in [2.24, 2.45) is 0 Å². The molecule has 0 unspecified atom stereocenters. The van der Waals surface area contributed by atoms with Gasteiger partial charge in [-0.25, -0.2) is 4.39 Å². The zero-order valence-electron chi connectivity index (χ0n) is 11.8. The Hall–Kier alpha value is -2.55. The highest BCUT2D eigenvalue weighted by Gasteiger charge is 2.18. The second-order valence-electron chi connectivity index (χ2n) is 4.53. The van der Waals surface area contributed by atoms with Gasteiger partial charge in [0.1, 0.15) is 12.3 Å². The summed E-state index contributed by atoms with van der Waals surface area (Å²) in [6, 6.07) is 4.70. The highest BCUT2D eigenvalue weighted by molar-refractivity contribution is 9.10. The number of esters is 1. The molecule has 0 radical (unpaired) electrons. The number of hydrogen-bond acceptors (Lipinski definition) is 6. The molecule has 2 heterocycles. The number of aromatic nitrogens is 4.